The zero-order valence-corrected chi connectivity index (χ0v) is 15.2. The SMILES string of the molecule is COc1ccc([C@](C)(c2ccccc2O)c2c[nH]c3cc(F)ccc23)cc1. The molecule has 4 heteroatoms. The van der Waals surface area contributed by atoms with Crippen LogP contribution in [0.1, 0.15) is 23.6 Å². The van der Waals surface area contributed by atoms with Gasteiger partial charge in [0.25, 0.3) is 0 Å². The first-order valence-corrected chi connectivity index (χ1v) is 8.74. The van der Waals surface area contributed by atoms with Crippen LogP contribution in [-0.4, -0.2) is 17.2 Å². The lowest BCUT2D eigenvalue weighted by Gasteiger charge is -2.32. The molecule has 4 rings (SSSR count). The minimum Gasteiger partial charge on any atom is -0.508 e. The molecule has 1 aromatic heterocycles. The van der Waals surface area contributed by atoms with E-state index in [4.69, 9.17) is 4.74 Å². The Hall–Kier alpha value is -3.27. The zero-order valence-electron chi connectivity index (χ0n) is 15.2. The van der Waals surface area contributed by atoms with Gasteiger partial charge in [-0.3, -0.25) is 0 Å². The van der Waals surface area contributed by atoms with Crippen molar-refractivity contribution < 1.29 is 14.2 Å². The number of H-pyrrole nitrogens is 1. The molecule has 0 bridgehead atoms. The summed E-state index contributed by atoms with van der Waals surface area (Å²) < 4.78 is 19.0. The Kier molecular flexibility index (Phi) is 4.11. The second-order valence-corrected chi connectivity index (χ2v) is 6.76. The molecule has 3 aromatic carbocycles. The molecule has 4 aromatic rings. The van der Waals surface area contributed by atoms with Crippen LogP contribution in [0.25, 0.3) is 10.9 Å². The van der Waals surface area contributed by atoms with E-state index in [1.54, 1.807) is 25.3 Å². The summed E-state index contributed by atoms with van der Waals surface area (Å²) in [6.45, 7) is 2.07. The number of phenolic OH excluding ortho intramolecular Hbond substituents is 1. The second-order valence-electron chi connectivity index (χ2n) is 6.76. The molecular formula is C23H20FNO2. The van der Waals surface area contributed by atoms with Crippen molar-refractivity contribution in [1.29, 1.82) is 0 Å². The molecule has 0 amide bonds. The predicted octanol–water partition coefficient (Wildman–Crippen LogP) is 5.38. The third-order valence-corrected chi connectivity index (χ3v) is 5.29. The molecule has 136 valence electrons. The lowest BCUT2D eigenvalue weighted by Crippen LogP contribution is -2.25. The summed E-state index contributed by atoms with van der Waals surface area (Å²) in [5.74, 6) is 0.691. The number of halogens is 1. The number of nitrogens with one attached hydrogen (secondary N) is 1. The summed E-state index contributed by atoms with van der Waals surface area (Å²) in [5, 5.41) is 11.5. The van der Waals surface area contributed by atoms with E-state index in [1.807, 2.05) is 42.6 Å². The summed E-state index contributed by atoms with van der Waals surface area (Å²) in [4.78, 5) is 3.17. The van der Waals surface area contributed by atoms with Crippen LogP contribution in [-0.2, 0) is 5.41 Å². The van der Waals surface area contributed by atoms with Gasteiger partial charge in [-0.05, 0) is 54.4 Å². The van der Waals surface area contributed by atoms with E-state index in [0.29, 0.717) is 0 Å². The Morgan fingerprint density at radius 3 is 2.41 bits per heavy atom. The fraction of sp³-hybridized carbons (Fsp3) is 0.130. The first-order chi connectivity index (χ1) is 13.0. The van der Waals surface area contributed by atoms with Crippen molar-refractivity contribution in [2.24, 2.45) is 0 Å². The maximum atomic E-state index is 13.7. The monoisotopic (exact) mass is 361 g/mol. The fourth-order valence-corrected chi connectivity index (χ4v) is 3.79. The van der Waals surface area contributed by atoms with E-state index in [2.05, 4.69) is 11.9 Å². The van der Waals surface area contributed by atoms with Crippen molar-refractivity contribution in [3.05, 3.63) is 95.4 Å². The number of aromatic hydroxyl groups is 1. The number of hydrogen-bond acceptors (Lipinski definition) is 2. The maximum absolute atomic E-state index is 13.7. The van der Waals surface area contributed by atoms with Crippen molar-refractivity contribution >= 4 is 10.9 Å². The molecule has 0 unspecified atom stereocenters. The highest BCUT2D eigenvalue weighted by atomic mass is 19.1. The van der Waals surface area contributed by atoms with Gasteiger partial charge in [0.2, 0.25) is 0 Å². The largest absolute Gasteiger partial charge is 0.508 e. The van der Waals surface area contributed by atoms with Crippen LogP contribution >= 0.6 is 0 Å². The smallest absolute Gasteiger partial charge is 0.125 e. The van der Waals surface area contributed by atoms with Crippen molar-refractivity contribution in [2.75, 3.05) is 7.11 Å². The molecule has 0 radical (unpaired) electrons. The number of ether oxygens (including phenoxy) is 1. The molecule has 0 aliphatic rings. The first kappa shape index (κ1) is 17.2. The zero-order chi connectivity index (χ0) is 19.0. The molecule has 27 heavy (non-hydrogen) atoms. The number of fused-ring (bicyclic) bond motifs is 1. The van der Waals surface area contributed by atoms with Gasteiger partial charge in [-0.25, -0.2) is 4.39 Å². The molecule has 0 saturated heterocycles. The van der Waals surface area contributed by atoms with Crippen LogP contribution in [0.15, 0.2) is 72.9 Å². The van der Waals surface area contributed by atoms with Gasteiger partial charge in [0.1, 0.15) is 17.3 Å². The third kappa shape index (κ3) is 2.74. The van der Waals surface area contributed by atoms with Gasteiger partial charge in [0.15, 0.2) is 0 Å². The van der Waals surface area contributed by atoms with Gasteiger partial charge in [0, 0.05) is 28.1 Å². The highest BCUT2D eigenvalue weighted by Gasteiger charge is 2.35. The Labute approximate surface area is 157 Å². The van der Waals surface area contributed by atoms with E-state index in [9.17, 15) is 9.50 Å². The van der Waals surface area contributed by atoms with Crippen LogP contribution in [0.3, 0.4) is 0 Å². The normalized spacial score (nSPS) is 13.4. The van der Waals surface area contributed by atoms with Gasteiger partial charge in [-0.2, -0.15) is 0 Å². The van der Waals surface area contributed by atoms with Crippen molar-refractivity contribution in [1.82, 2.24) is 4.98 Å². The highest BCUT2D eigenvalue weighted by Crippen LogP contribution is 2.45. The summed E-state index contributed by atoms with van der Waals surface area (Å²) in [7, 11) is 1.63. The van der Waals surface area contributed by atoms with Crippen LogP contribution in [0, 0.1) is 5.82 Å². The number of hydrogen-bond donors (Lipinski definition) is 2. The molecule has 0 aliphatic carbocycles. The average Bonchev–Trinajstić information content (AvgIpc) is 3.11. The minimum absolute atomic E-state index is 0.215. The van der Waals surface area contributed by atoms with E-state index in [0.717, 1.165) is 33.3 Å². The van der Waals surface area contributed by atoms with E-state index in [-0.39, 0.29) is 11.6 Å². The number of aromatic amines is 1. The summed E-state index contributed by atoms with van der Waals surface area (Å²) in [5.41, 5.74) is 2.81. The predicted molar refractivity (Wildman–Crippen MR) is 105 cm³/mol. The fourth-order valence-electron chi connectivity index (χ4n) is 3.79. The van der Waals surface area contributed by atoms with Crippen LogP contribution < -0.4 is 4.74 Å². The van der Waals surface area contributed by atoms with Crippen LogP contribution in [0.5, 0.6) is 11.5 Å². The number of benzene rings is 3. The Morgan fingerprint density at radius 1 is 0.963 bits per heavy atom. The van der Waals surface area contributed by atoms with Gasteiger partial charge in [0.05, 0.1) is 7.11 Å². The molecule has 1 atom stereocenters. The van der Waals surface area contributed by atoms with Gasteiger partial charge in [-0.15, -0.1) is 0 Å². The molecule has 3 nitrogen and oxygen atoms in total. The molecule has 0 fully saturated rings. The molecular weight excluding hydrogens is 341 g/mol. The Morgan fingerprint density at radius 2 is 1.70 bits per heavy atom. The average molecular weight is 361 g/mol. The van der Waals surface area contributed by atoms with Gasteiger partial charge >= 0.3 is 0 Å². The second kappa shape index (κ2) is 6.47. The molecule has 0 saturated carbocycles. The maximum Gasteiger partial charge on any atom is 0.125 e. The minimum atomic E-state index is -0.645. The first-order valence-electron chi connectivity index (χ1n) is 8.74. The number of rotatable bonds is 4. The summed E-state index contributed by atoms with van der Waals surface area (Å²) in [6, 6.07) is 19.8. The van der Waals surface area contributed by atoms with Gasteiger partial charge in [-0.1, -0.05) is 30.3 Å². The summed E-state index contributed by atoms with van der Waals surface area (Å²) in [6.07, 6.45) is 1.89. The molecule has 0 spiro atoms. The number of para-hydroxylation sites is 1. The standard InChI is InChI=1S/C23H20FNO2/c1-23(19-5-3-4-6-22(19)26,15-7-10-17(27-2)11-8-15)20-14-25-21-13-16(24)9-12-18(20)21/h3-14,25-26H,1-2H3/t23-/m1/s1. The third-order valence-electron chi connectivity index (χ3n) is 5.29. The molecule has 1 heterocycles. The van der Waals surface area contributed by atoms with Crippen molar-refractivity contribution in [3.8, 4) is 11.5 Å². The molecule has 2 N–H and O–H groups in total. The van der Waals surface area contributed by atoms with Crippen molar-refractivity contribution in [2.45, 2.75) is 12.3 Å². The van der Waals surface area contributed by atoms with E-state index in [1.165, 1.54) is 12.1 Å². The topological polar surface area (TPSA) is 45.2 Å². The highest BCUT2D eigenvalue weighted by molar-refractivity contribution is 5.86. The summed E-state index contributed by atoms with van der Waals surface area (Å²) >= 11 is 0. The van der Waals surface area contributed by atoms with Gasteiger partial charge < -0.3 is 14.8 Å². The molecule has 0 aliphatic heterocycles. The van der Waals surface area contributed by atoms with Crippen LogP contribution in [0.2, 0.25) is 0 Å². The lowest BCUT2D eigenvalue weighted by atomic mass is 9.70. The number of phenols is 1. The Balaban J connectivity index is 2.02. The van der Waals surface area contributed by atoms with E-state index >= 15 is 0 Å². The quantitative estimate of drug-likeness (QED) is 0.513. The van der Waals surface area contributed by atoms with E-state index < -0.39 is 5.41 Å². The Bertz CT molecular complexity index is 1100. The lowest BCUT2D eigenvalue weighted by molar-refractivity contribution is 0.414. The number of methoxy groups -OCH3 is 1. The van der Waals surface area contributed by atoms with Crippen LogP contribution in [0.4, 0.5) is 4.39 Å². The van der Waals surface area contributed by atoms with Crippen molar-refractivity contribution in [3.63, 3.8) is 0 Å². The number of aromatic nitrogens is 1.